The predicted molar refractivity (Wildman–Crippen MR) is 104 cm³/mol. The van der Waals surface area contributed by atoms with Gasteiger partial charge in [-0.15, -0.1) is 0 Å². The lowest BCUT2D eigenvalue weighted by molar-refractivity contribution is 0.0988. The van der Waals surface area contributed by atoms with Gasteiger partial charge in [0.25, 0.3) is 11.8 Å². The molecular formula is C21H19N3O3. The van der Waals surface area contributed by atoms with Crippen LogP contribution in [-0.4, -0.2) is 31.0 Å². The molecule has 0 aliphatic heterocycles. The second kappa shape index (κ2) is 8.14. The van der Waals surface area contributed by atoms with E-state index in [9.17, 15) is 9.59 Å². The van der Waals surface area contributed by atoms with Gasteiger partial charge in [0.2, 0.25) is 0 Å². The van der Waals surface area contributed by atoms with Crippen molar-refractivity contribution in [3.8, 4) is 5.75 Å². The summed E-state index contributed by atoms with van der Waals surface area (Å²) in [4.78, 5) is 31.0. The number of aromatic nitrogens is 1. The first-order valence-electron chi connectivity index (χ1n) is 8.34. The van der Waals surface area contributed by atoms with E-state index in [4.69, 9.17) is 4.74 Å². The van der Waals surface area contributed by atoms with Crippen molar-refractivity contribution < 1.29 is 14.3 Å². The van der Waals surface area contributed by atoms with Crippen LogP contribution in [0.4, 0.5) is 11.4 Å². The molecule has 0 atom stereocenters. The number of benzene rings is 2. The Hall–Kier alpha value is -3.67. The Morgan fingerprint density at radius 3 is 2.30 bits per heavy atom. The Labute approximate surface area is 157 Å². The quantitative estimate of drug-likeness (QED) is 0.753. The Balaban J connectivity index is 1.80. The molecule has 0 aliphatic rings. The third-order valence-corrected chi connectivity index (χ3v) is 4.00. The van der Waals surface area contributed by atoms with Gasteiger partial charge >= 0.3 is 0 Å². The predicted octanol–water partition coefficient (Wildman–Crippen LogP) is 3.62. The molecule has 0 spiro atoms. The minimum absolute atomic E-state index is 0.146. The van der Waals surface area contributed by atoms with Gasteiger partial charge in [-0.25, -0.2) is 4.98 Å². The third-order valence-electron chi connectivity index (χ3n) is 4.00. The molecule has 3 aromatic rings. The van der Waals surface area contributed by atoms with Crippen molar-refractivity contribution in [2.75, 3.05) is 24.4 Å². The average Bonchev–Trinajstić information content (AvgIpc) is 2.73. The molecule has 1 aromatic heterocycles. The molecule has 27 heavy (non-hydrogen) atoms. The molecule has 0 saturated carbocycles. The Morgan fingerprint density at radius 1 is 0.889 bits per heavy atom. The number of hydrogen-bond donors (Lipinski definition) is 1. The van der Waals surface area contributed by atoms with Crippen molar-refractivity contribution in [1.29, 1.82) is 0 Å². The number of hydrogen-bond acceptors (Lipinski definition) is 4. The average molecular weight is 361 g/mol. The number of carbonyl (C=O) groups excluding carboxylic acids is 2. The van der Waals surface area contributed by atoms with Crippen molar-refractivity contribution in [1.82, 2.24) is 4.98 Å². The van der Waals surface area contributed by atoms with Crippen molar-refractivity contribution in [2.24, 2.45) is 0 Å². The lowest BCUT2D eigenvalue weighted by Crippen LogP contribution is -2.27. The van der Waals surface area contributed by atoms with E-state index in [0.717, 1.165) is 5.69 Å². The largest absolute Gasteiger partial charge is 0.495 e. The lowest BCUT2D eigenvalue weighted by atomic mass is 10.2. The molecule has 6 heteroatoms. The summed E-state index contributed by atoms with van der Waals surface area (Å²) in [6.45, 7) is 0. The maximum absolute atomic E-state index is 12.7. The summed E-state index contributed by atoms with van der Waals surface area (Å²) in [5, 5.41) is 2.75. The van der Waals surface area contributed by atoms with Gasteiger partial charge in [-0.05, 0) is 36.4 Å². The van der Waals surface area contributed by atoms with Crippen molar-refractivity contribution in [2.45, 2.75) is 0 Å². The van der Waals surface area contributed by atoms with Gasteiger partial charge < -0.3 is 15.0 Å². The SMILES string of the molecule is COc1ccccc1NC(=O)c1cccc(C(=O)N(C)c2ccccc2)n1. The number of pyridine rings is 1. The smallest absolute Gasteiger partial charge is 0.276 e. The van der Waals surface area contributed by atoms with Crippen molar-refractivity contribution in [3.63, 3.8) is 0 Å². The first-order valence-corrected chi connectivity index (χ1v) is 8.34. The molecule has 1 heterocycles. The minimum Gasteiger partial charge on any atom is -0.495 e. The highest BCUT2D eigenvalue weighted by molar-refractivity contribution is 6.07. The van der Waals surface area contributed by atoms with Crippen LogP contribution in [0.5, 0.6) is 5.75 Å². The molecule has 0 aliphatic carbocycles. The van der Waals surface area contributed by atoms with Gasteiger partial charge in [0.05, 0.1) is 12.8 Å². The van der Waals surface area contributed by atoms with E-state index in [0.29, 0.717) is 11.4 Å². The number of carbonyl (C=O) groups is 2. The van der Waals surface area contributed by atoms with E-state index in [1.54, 1.807) is 43.4 Å². The summed E-state index contributed by atoms with van der Waals surface area (Å²) in [6.07, 6.45) is 0. The van der Waals surface area contributed by atoms with Crippen molar-refractivity contribution >= 4 is 23.2 Å². The van der Waals surface area contributed by atoms with E-state index in [2.05, 4.69) is 10.3 Å². The number of nitrogens with zero attached hydrogens (tertiary/aromatic N) is 2. The fourth-order valence-corrected chi connectivity index (χ4v) is 2.56. The second-order valence-corrected chi connectivity index (χ2v) is 5.76. The Morgan fingerprint density at radius 2 is 1.56 bits per heavy atom. The van der Waals surface area contributed by atoms with Gasteiger partial charge in [-0.1, -0.05) is 36.4 Å². The lowest BCUT2D eigenvalue weighted by Gasteiger charge is -2.17. The highest BCUT2D eigenvalue weighted by Gasteiger charge is 2.17. The standard InChI is InChI=1S/C21H19N3O3/c1-24(15-9-4-3-5-10-15)21(26)18-13-8-12-17(22-18)20(25)23-16-11-6-7-14-19(16)27-2/h3-14H,1-2H3,(H,23,25). The van der Waals surface area contributed by atoms with Crippen LogP contribution in [0.25, 0.3) is 0 Å². The number of methoxy groups -OCH3 is 1. The molecule has 2 aromatic carbocycles. The molecular weight excluding hydrogens is 342 g/mol. The first kappa shape index (κ1) is 18.1. The molecule has 0 bridgehead atoms. The van der Waals surface area contributed by atoms with Crippen LogP contribution in [0.2, 0.25) is 0 Å². The van der Waals surface area contributed by atoms with Crippen LogP contribution in [0.15, 0.2) is 72.8 Å². The maximum Gasteiger partial charge on any atom is 0.276 e. The monoisotopic (exact) mass is 361 g/mol. The molecule has 1 N–H and O–H groups in total. The summed E-state index contributed by atoms with van der Waals surface area (Å²) < 4.78 is 5.23. The van der Waals surface area contributed by atoms with Crippen LogP contribution in [-0.2, 0) is 0 Å². The number of nitrogens with one attached hydrogen (secondary N) is 1. The summed E-state index contributed by atoms with van der Waals surface area (Å²) in [7, 11) is 3.20. The maximum atomic E-state index is 12.7. The van der Waals surface area contributed by atoms with Gasteiger partial charge in [0.1, 0.15) is 17.1 Å². The fraction of sp³-hybridized carbons (Fsp3) is 0.0952. The molecule has 6 nitrogen and oxygen atoms in total. The number of amides is 2. The summed E-state index contributed by atoms with van der Waals surface area (Å²) in [5.41, 5.74) is 1.61. The van der Waals surface area contributed by atoms with Gasteiger partial charge in [-0.2, -0.15) is 0 Å². The molecule has 136 valence electrons. The molecule has 2 amide bonds. The molecule has 3 rings (SSSR count). The van der Waals surface area contributed by atoms with Crippen LogP contribution < -0.4 is 15.0 Å². The molecule has 0 fully saturated rings. The van der Waals surface area contributed by atoms with E-state index >= 15 is 0 Å². The van der Waals surface area contributed by atoms with Crippen LogP contribution in [0.3, 0.4) is 0 Å². The molecule has 0 saturated heterocycles. The number of anilines is 2. The van der Waals surface area contributed by atoms with Gasteiger partial charge in [-0.3, -0.25) is 9.59 Å². The second-order valence-electron chi connectivity index (χ2n) is 5.76. The summed E-state index contributed by atoms with van der Waals surface area (Å²) in [5.74, 6) is -0.174. The van der Waals surface area contributed by atoms with E-state index in [1.807, 2.05) is 36.4 Å². The first-order chi connectivity index (χ1) is 13.1. The third kappa shape index (κ3) is 4.12. The van der Waals surface area contributed by atoms with Gasteiger partial charge in [0.15, 0.2) is 0 Å². The number of rotatable bonds is 5. The van der Waals surface area contributed by atoms with Crippen molar-refractivity contribution in [3.05, 3.63) is 84.2 Å². The van der Waals surface area contributed by atoms with Crippen LogP contribution in [0.1, 0.15) is 21.0 Å². The summed E-state index contributed by atoms with van der Waals surface area (Å²) >= 11 is 0. The summed E-state index contributed by atoms with van der Waals surface area (Å²) in [6, 6.07) is 21.1. The fourth-order valence-electron chi connectivity index (χ4n) is 2.56. The number of ether oxygens (including phenoxy) is 1. The highest BCUT2D eigenvalue weighted by atomic mass is 16.5. The minimum atomic E-state index is -0.420. The van der Waals surface area contributed by atoms with Crippen LogP contribution in [0, 0.1) is 0 Å². The zero-order valence-corrected chi connectivity index (χ0v) is 15.0. The van der Waals surface area contributed by atoms with Crippen LogP contribution >= 0.6 is 0 Å². The zero-order chi connectivity index (χ0) is 19.2. The van der Waals surface area contributed by atoms with E-state index in [1.165, 1.54) is 12.0 Å². The highest BCUT2D eigenvalue weighted by Crippen LogP contribution is 2.23. The zero-order valence-electron chi connectivity index (χ0n) is 15.0. The normalized spacial score (nSPS) is 10.1. The van der Waals surface area contributed by atoms with E-state index in [-0.39, 0.29) is 17.3 Å². The Bertz CT molecular complexity index is 958. The molecule has 0 radical (unpaired) electrons. The Kier molecular flexibility index (Phi) is 5.47. The van der Waals surface area contributed by atoms with E-state index < -0.39 is 5.91 Å². The topological polar surface area (TPSA) is 71.5 Å². The van der Waals surface area contributed by atoms with Gasteiger partial charge in [0, 0.05) is 12.7 Å². The molecule has 0 unspecified atom stereocenters. The number of para-hydroxylation sites is 3.